The summed E-state index contributed by atoms with van der Waals surface area (Å²) < 4.78 is 6.50. The number of nitriles is 1. The van der Waals surface area contributed by atoms with Crippen molar-refractivity contribution in [1.29, 1.82) is 5.26 Å². The minimum atomic E-state index is -1.32. The van der Waals surface area contributed by atoms with Crippen molar-refractivity contribution < 1.29 is 9.84 Å². The maximum absolute atomic E-state index is 11.9. The number of hydrogen-bond donors (Lipinski definition) is 1. The van der Waals surface area contributed by atoms with Gasteiger partial charge in [0.2, 0.25) is 0 Å². The van der Waals surface area contributed by atoms with E-state index in [2.05, 4.69) is 24.2 Å². The van der Waals surface area contributed by atoms with Crippen LogP contribution in [0.1, 0.15) is 29.7 Å². The van der Waals surface area contributed by atoms with Crippen molar-refractivity contribution in [1.82, 2.24) is 4.98 Å². The number of pyridine rings is 1. The molecule has 4 nitrogen and oxygen atoms in total. The molecule has 1 aromatic heterocycles. The van der Waals surface area contributed by atoms with E-state index in [0.717, 1.165) is 11.1 Å². The lowest BCUT2D eigenvalue weighted by Gasteiger charge is -2.40. The first-order valence-electron chi connectivity index (χ1n) is 9.03. The fourth-order valence-corrected chi connectivity index (χ4v) is 4.77. The topological polar surface area (TPSA) is 66.1 Å². The maximum Gasteiger partial charge on any atom is 0.175 e. The number of nitrogens with zero attached hydrogens (tertiary/aromatic N) is 2. The van der Waals surface area contributed by atoms with E-state index in [9.17, 15) is 5.11 Å². The number of aliphatic hydroxyl groups is 1. The van der Waals surface area contributed by atoms with Gasteiger partial charge in [-0.1, -0.05) is 55.1 Å². The molecule has 3 unspecified atom stereocenters. The summed E-state index contributed by atoms with van der Waals surface area (Å²) in [6.07, 6.45) is 8.06. The Labute approximate surface area is 169 Å². The fraction of sp³-hybridized carbons (Fsp3) is 0.217. The second-order valence-electron chi connectivity index (χ2n) is 7.09. The first-order valence-corrected chi connectivity index (χ1v) is 9.41. The van der Waals surface area contributed by atoms with Crippen LogP contribution >= 0.6 is 11.6 Å². The highest BCUT2D eigenvalue weighted by Crippen LogP contribution is 2.65. The average molecular weight is 391 g/mol. The molecule has 2 aromatic rings. The zero-order chi connectivity index (χ0) is 19.9. The van der Waals surface area contributed by atoms with Crippen LogP contribution in [0, 0.1) is 17.2 Å². The zero-order valence-corrected chi connectivity index (χ0v) is 16.0. The van der Waals surface area contributed by atoms with E-state index in [-0.39, 0.29) is 5.92 Å². The minimum Gasteiger partial charge on any atom is -0.476 e. The second-order valence-corrected chi connectivity index (χ2v) is 7.52. The van der Waals surface area contributed by atoms with Gasteiger partial charge in [0.15, 0.2) is 11.2 Å². The molecule has 3 atom stereocenters. The van der Waals surface area contributed by atoms with E-state index in [1.165, 1.54) is 6.20 Å². The molecule has 1 aliphatic carbocycles. The van der Waals surface area contributed by atoms with Crippen LogP contribution in [0.15, 0.2) is 73.5 Å². The summed E-state index contributed by atoms with van der Waals surface area (Å²) in [5.41, 5.74) is 0.321. The zero-order valence-electron chi connectivity index (χ0n) is 15.2. The minimum absolute atomic E-state index is 0.172. The summed E-state index contributed by atoms with van der Waals surface area (Å²) in [4.78, 5) is 4.42. The Morgan fingerprint density at radius 3 is 2.75 bits per heavy atom. The van der Waals surface area contributed by atoms with E-state index in [0.29, 0.717) is 34.9 Å². The van der Waals surface area contributed by atoms with Crippen LogP contribution in [-0.2, 0) is 11.2 Å². The van der Waals surface area contributed by atoms with E-state index >= 15 is 0 Å². The van der Waals surface area contributed by atoms with Crippen molar-refractivity contribution in [2.45, 2.75) is 24.0 Å². The molecule has 28 heavy (non-hydrogen) atoms. The van der Waals surface area contributed by atoms with Gasteiger partial charge in [0, 0.05) is 18.2 Å². The highest BCUT2D eigenvalue weighted by Gasteiger charge is 2.69. The molecule has 0 spiro atoms. The molecule has 0 amide bonds. The normalized spacial score (nSPS) is 28.0. The maximum atomic E-state index is 11.9. The Morgan fingerprint density at radius 2 is 2.11 bits per heavy atom. The van der Waals surface area contributed by atoms with Gasteiger partial charge in [0.1, 0.15) is 11.4 Å². The quantitative estimate of drug-likeness (QED) is 0.762. The van der Waals surface area contributed by atoms with Crippen LogP contribution in [0.2, 0.25) is 5.02 Å². The smallest absolute Gasteiger partial charge is 0.175 e. The van der Waals surface area contributed by atoms with Crippen LogP contribution in [0.25, 0.3) is 0 Å². The molecule has 1 aliphatic heterocycles. The average Bonchev–Trinajstić information content (AvgIpc) is 3.13. The third-order valence-electron chi connectivity index (χ3n) is 5.77. The van der Waals surface area contributed by atoms with Crippen LogP contribution in [-0.4, -0.2) is 10.1 Å². The Morgan fingerprint density at radius 1 is 1.36 bits per heavy atom. The number of halogens is 1. The van der Waals surface area contributed by atoms with Crippen LogP contribution < -0.4 is 4.74 Å². The molecule has 5 heteroatoms. The first-order chi connectivity index (χ1) is 13.5. The molecule has 0 radical (unpaired) electrons. The van der Waals surface area contributed by atoms with E-state index in [4.69, 9.17) is 21.6 Å². The Kier molecular flexibility index (Phi) is 4.38. The van der Waals surface area contributed by atoms with Gasteiger partial charge in [-0.05, 0) is 36.1 Å². The molecule has 1 aromatic carbocycles. The SMILES string of the molecule is C=C/C=C(\C=C)C1CCC2(O)c3ncc(Cl)cc3OC12c1ccc(C#N)cc1. The third kappa shape index (κ3) is 2.37. The number of ether oxygens (including phenoxy) is 1. The third-order valence-corrected chi connectivity index (χ3v) is 5.98. The van der Waals surface area contributed by atoms with E-state index in [1.54, 1.807) is 30.4 Å². The van der Waals surface area contributed by atoms with Crippen LogP contribution in [0.4, 0.5) is 0 Å². The summed E-state index contributed by atoms with van der Waals surface area (Å²) in [6, 6.07) is 11.0. The highest BCUT2D eigenvalue weighted by atomic mass is 35.5. The predicted molar refractivity (Wildman–Crippen MR) is 108 cm³/mol. The number of fused-ring (bicyclic) bond motifs is 3. The van der Waals surface area contributed by atoms with Crippen molar-refractivity contribution in [2.75, 3.05) is 0 Å². The standard InChI is InChI=1S/C23H19ClN2O2/c1-3-5-16(4-2)19-10-11-22(27)21-20(12-18(24)14-26-21)28-23(19,22)17-8-6-15(13-25)7-9-17/h3-9,12,14,19,27H,1-2,10-11H2/b16-5+. The van der Waals surface area contributed by atoms with Gasteiger partial charge in [-0.25, -0.2) is 0 Å². The molecular formula is C23H19ClN2O2. The van der Waals surface area contributed by atoms with Crippen LogP contribution in [0.3, 0.4) is 0 Å². The van der Waals surface area contributed by atoms with Gasteiger partial charge in [-0.2, -0.15) is 5.26 Å². The number of rotatable bonds is 4. The molecule has 0 saturated heterocycles. The van der Waals surface area contributed by atoms with Gasteiger partial charge < -0.3 is 9.84 Å². The van der Waals surface area contributed by atoms with Crippen molar-refractivity contribution in [3.8, 4) is 11.8 Å². The predicted octanol–water partition coefficient (Wildman–Crippen LogP) is 4.79. The largest absolute Gasteiger partial charge is 0.476 e. The second kappa shape index (κ2) is 6.63. The van der Waals surface area contributed by atoms with Gasteiger partial charge in [0.25, 0.3) is 0 Å². The summed E-state index contributed by atoms with van der Waals surface area (Å²) in [5.74, 6) is 0.306. The lowest BCUT2D eigenvalue weighted by molar-refractivity contribution is -0.113. The highest BCUT2D eigenvalue weighted by molar-refractivity contribution is 6.30. The molecule has 1 fully saturated rings. The monoisotopic (exact) mass is 390 g/mol. The van der Waals surface area contributed by atoms with E-state index in [1.807, 2.05) is 18.2 Å². The molecule has 1 saturated carbocycles. The van der Waals surface area contributed by atoms with Crippen molar-refractivity contribution in [2.24, 2.45) is 5.92 Å². The Bertz CT molecular complexity index is 1040. The number of aromatic nitrogens is 1. The number of allylic oxidation sites excluding steroid dienone is 3. The number of benzene rings is 1. The molecular weight excluding hydrogens is 372 g/mol. The Hall–Kier alpha value is -2.87. The fourth-order valence-electron chi connectivity index (χ4n) is 4.62. The van der Waals surface area contributed by atoms with Crippen molar-refractivity contribution in [3.63, 3.8) is 0 Å². The van der Waals surface area contributed by atoms with Gasteiger partial charge in [-0.3, -0.25) is 4.98 Å². The van der Waals surface area contributed by atoms with E-state index < -0.39 is 11.2 Å². The lowest BCUT2D eigenvalue weighted by Crippen LogP contribution is -2.49. The summed E-state index contributed by atoms with van der Waals surface area (Å²) in [6.45, 7) is 7.74. The molecule has 0 bridgehead atoms. The van der Waals surface area contributed by atoms with Crippen LogP contribution in [0.5, 0.6) is 5.75 Å². The molecule has 2 heterocycles. The summed E-state index contributed by atoms with van der Waals surface area (Å²) in [5, 5.41) is 21.5. The Balaban J connectivity index is 1.98. The van der Waals surface area contributed by atoms with Crippen molar-refractivity contribution in [3.05, 3.63) is 95.3 Å². The summed E-state index contributed by atoms with van der Waals surface area (Å²) >= 11 is 6.13. The molecule has 140 valence electrons. The molecule has 4 rings (SSSR count). The molecule has 2 aliphatic rings. The lowest BCUT2D eigenvalue weighted by atomic mass is 9.72. The van der Waals surface area contributed by atoms with Gasteiger partial charge in [-0.15, -0.1) is 0 Å². The molecule has 1 N–H and O–H groups in total. The van der Waals surface area contributed by atoms with Gasteiger partial charge in [0.05, 0.1) is 16.7 Å². The van der Waals surface area contributed by atoms with Gasteiger partial charge >= 0.3 is 0 Å². The first kappa shape index (κ1) is 18.5. The van der Waals surface area contributed by atoms with Crippen molar-refractivity contribution >= 4 is 11.6 Å². The summed E-state index contributed by atoms with van der Waals surface area (Å²) in [7, 11) is 0. The number of hydrogen-bond acceptors (Lipinski definition) is 4.